The second kappa shape index (κ2) is 7.30. The number of piperidine rings is 1. The van der Waals surface area contributed by atoms with E-state index in [-0.39, 0.29) is 23.9 Å². The fraction of sp³-hybridized carbons (Fsp3) is 0.467. The zero-order valence-electron chi connectivity index (χ0n) is 13.4. The fourth-order valence-corrected chi connectivity index (χ4v) is 4.94. The van der Waals surface area contributed by atoms with E-state index in [2.05, 4.69) is 11.3 Å². The lowest BCUT2D eigenvalue weighted by atomic mass is 10.0. The van der Waals surface area contributed by atoms with Gasteiger partial charge in [0.05, 0.1) is 0 Å². The summed E-state index contributed by atoms with van der Waals surface area (Å²) < 4.78 is 65.8. The summed E-state index contributed by atoms with van der Waals surface area (Å²) in [5.41, 5.74) is 0.655. The molecule has 1 fully saturated rings. The molecule has 2 rings (SSSR count). The van der Waals surface area contributed by atoms with Crippen LogP contribution in [0.25, 0.3) is 0 Å². The Morgan fingerprint density at radius 1 is 1.38 bits per heavy atom. The van der Waals surface area contributed by atoms with E-state index in [1.54, 1.807) is 6.92 Å². The number of halogens is 1. The topological polar surface area (TPSA) is 83.6 Å². The first kappa shape index (κ1) is 19.0. The van der Waals surface area contributed by atoms with E-state index in [0.29, 0.717) is 24.9 Å². The summed E-state index contributed by atoms with van der Waals surface area (Å²) in [7, 11) is -7.50. The van der Waals surface area contributed by atoms with E-state index in [1.807, 2.05) is 0 Å². The van der Waals surface area contributed by atoms with Crippen LogP contribution in [0.1, 0.15) is 18.4 Å². The van der Waals surface area contributed by atoms with Crippen molar-refractivity contribution in [3.63, 3.8) is 0 Å². The maximum absolute atomic E-state index is 14.0. The number of sulfonamides is 2. The highest BCUT2D eigenvalue weighted by Gasteiger charge is 2.32. The Hall–Kier alpha value is -1.29. The van der Waals surface area contributed by atoms with Gasteiger partial charge >= 0.3 is 0 Å². The van der Waals surface area contributed by atoms with Crippen LogP contribution in [-0.4, -0.2) is 40.8 Å². The lowest BCUT2D eigenvalue weighted by Crippen LogP contribution is -2.43. The second-order valence-corrected chi connectivity index (χ2v) is 9.48. The first-order valence-electron chi connectivity index (χ1n) is 7.54. The third-order valence-electron chi connectivity index (χ3n) is 3.98. The number of benzene rings is 1. The smallest absolute Gasteiger partial charge is 0.211 e. The molecule has 1 aliphatic heterocycles. The molecule has 1 aromatic carbocycles. The Bertz CT molecular complexity index is 822. The van der Waals surface area contributed by atoms with Crippen LogP contribution in [0.3, 0.4) is 0 Å². The molecule has 24 heavy (non-hydrogen) atoms. The fourth-order valence-electron chi connectivity index (χ4n) is 2.65. The minimum Gasteiger partial charge on any atom is -0.211 e. The predicted octanol–water partition coefficient (Wildman–Crippen LogP) is 1.60. The summed E-state index contributed by atoms with van der Waals surface area (Å²) in [5, 5.41) is 0.812. The van der Waals surface area contributed by atoms with Gasteiger partial charge in [-0.25, -0.2) is 25.9 Å². The van der Waals surface area contributed by atoms with E-state index >= 15 is 0 Å². The van der Waals surface area contributed by atoms with Gasteiger partial charge in [-0.15, -0.1) is 0 Å². The Labute approximate surface area is 142 Å². The van der Waals surface area contributed by atoms with Crippen LogP contribution < -0.4 is 4.72 Å². The molecule has 6 nitrogen and oxygen atoms in total. The summed E-state index contributed by atoms with van der Waals surface area (Å²) in [6.45, 7) is 5.47. The van der Waals surface area contributed by atoms with Crippen molar-refractivity contribution in [3.8, 4) is 0 Å². The first-order valence-corrected chi connectivity index (χ1v) is 10.5. The number of nitrogens with zero attached hydrogens (tertiary/aromatic N) is 1. The summed E-state index contributed by atoms with van der Waals surface area (Å²) in [5.74, 6) is -0.953. The summed E-state index contributed by atoms with van der Waals surface area (Å²) in [4.78, 5) is -0.338. The van der Waals surface area contributed by atoms with Crippen molar-refractivity contribution in [2.24, 2.45) is 5.92 Å². The third kappa shape index (κ3) is 4.41. The Balaban J connectivity index is 2.16. The van der Waals surface area contributed by atoms with Crippen LogP contribution in [0.5, 0.6) is 0 Å². The summed E-state index contributed by atoms with van der Waals surface area (Å²) in [6.07, 6.45) is 1.29. The molecule has 134 valence electrons. The number of hydrogen-bond acceptors (Lipinski definition) is 4. The molecule has 1 N–H and O–H groups in total. The van der Waals surface area contributed by atoms with E-state index in [0.717, 1.165) is 11.5 Å². The molecule has 0 radical (unpaired) electrons. The largest absolute Gasteiger partial charge is 0.246 e. The van der Waals surface area contributed by atoms with Crippen LogP contribution in [-0.2, 0) is 20.0 Å². The normalized spacial score (nSPS) is 20.0. The molecule has 1 saturated heterocycles. The minimum atomic E-state index is -3.95. The van der Waals surface area contributed by atoms with Gasteiger partial charge in [0.2, 0.25) is 20.0 Å². The first-order chi connectivity index (χ1) is 11.2. The lowest BCUT2D eigenvalue weighted by Gasteiger charge is -2.32. The van der Waals surface area contributed by atoms with E-state index in [1.165, 1.54) is 16.4 Å². The average molecular weight is 376 g/mol. The molecule has 9 heteroatoms. The Kier molecular flexibility index (Phi) is 5.79. The zero-order valence-corrected chi connectivity index (χ0v) is 15.0. The summed E-state index contributed by atoms with van der Waals surface area (Å²) in [6, 6.07) is 3.97. The molecule has 0 bridgehead atoms. The lowest BCUT2D eigenvalue weighted by molar-refractivity contribution is 0.266. The molecule has 1 heterocycles. The zero-order chi connectivity index (χ0) is 18.0. The molecule has 1 aliphatic rings. The molecule has 0 saturated carbocycles. The number of nitrogens with one attached hydrogen (secondary N) is 1. The predicted molar refractivity (Wildman–Crippen MR) is 89.7 cm³/mol. The van der Waals surface area contributed by atoms with Gasteiger partial charge in [-0.2, -0.15) is 4.31 Å². The van der Waals surface area contributed by atoms with Crippen molar-refractivity contribution in [1.29, 1.82) is 0 Å². The van der Waals surface area contributed by atoms with Gasteiger partial charge in [0.25, 0.3) is 0 Å². The van der Waals surface area contributed by atoms with Gasteiger partial charge in [-0.3, -0.25) is 0 Å². The summed E-state index contributed by atoms with van der Waals surface area (Å²) >= 11 is 0. The standard InChI is InChI=1S/C15H21FN2O4S2/c1-3-23(19,20)17-10-13-5-4-8-18(11-13)24(21,22)15-9-12(2)6-7-14(15)16/h3,6-7,9,13,17H,1,4-5,8,10-11H2,2H3. The van der Waals surface area contributed by atoms with Crippen molar-refractivity contribution in [1.82, 2.24) is 9.03 Å². The van der Waals surface area contributed by atoms with Crippen LogP contribution in [0.4, 0.5) is 4.39 Å². The van der Waals surface area contributed by atoms with Crippen molar-refractivity contribution >= 4 is 20.0 Å². The molecule has 0 amide bonds. The monoisotopic (exact) mass is 376 g/mol. The second-order valence-electron chi connectivity index (χ2n) is 5.87. The average Bonchev–Trinajstić information content (AvgIpc) is 2.55. The van der Waals surface area contributed by atoms with E-state index < -0.39 is 25.9 Å². The van der Waals surface area contributed by atoms with Crippen molar-refractivity contribution < 1.29 is 21.2 Å². The molecule has 1 unspecified atom stereocenters. The molecule has 0 aliphatic carbocycles. The van der Waals surface area contributed by atoms with Crippen molar-refractivity contribution in [2.45, 2.75) is 24.7 Å². The van der Waals surface area contributed by atoms with Crippen LogP contribution >= 0.6 is 0 Å². The molecule has 0 aromatic heterocycles. The van der Waals surface area contributed by atoms with Crippen LogP contribution in [0.2, 0.25) is 0 Å². The van der Waals surface area contributed by atoms with Crippen molar-refractivity contribution in [3.05, 3.63) is 41.6 Å². The highest BCUT2D eigenvalue weighted by atomic mass is 32.2. The molecular weight excluding hydrogens is 355 g/mol. The number of hydrogen-bond donors (Lipinski definition) is 1. The van der Waals surface area contributed by atoms with Crippen LogP contribution in [0.15, 0.2) is 35.1 Å². The van der Waals surface area contributed by atoms with Gasteiger partial charge in [0.1, 0.15) is 10.7 Å². The quantitative estimate of drug-likeness (QED) is 0.817. The van der Waals surface area contributed by atoms with Gasteiger partial charge in [-0.1, -0.05) is 12.6 Å². The SMILES string of the molecule is C=CS(=O)(=O)NCC1CCCN(S(=O)(=O)c2cc(C)ccc2F)C1. The van der Waals surface area contributed by atoms with Gasteiger partial charge in [0.15, 0.2) is 0 Å². The maximum atomic E-state index is 14.0. The number of rotatable bonds is 6. The van der Waals surface area contributed by atoms with E-state index in [9.17, 15) is 21.2 Å². The van der Waals surface area contributed by atoms with E-state index in [4.69, 9.17) is 0 Å². The highest BCUT2D eigenvalue weighted by Crippen LogP contribution is 2.25. The molecule has 0 spiro atoms. The van der Waals surface area contributed by atoms with Crippen molar-refractivity contribution in [2.75, 3.05) is 19.6 Å². The Morgan fingerprint density at radius 2 is 2.08 bits per heavy atom. The maximum Gasteiger partial charge on any atom is 0.246 e. The van der Waals surface area contributed by atoms with Crippen LogP contribution in [0, 0.1) is 18.7 Å². The number of aryl methyl sites for hydroxylation is 1. The minimum absolute atomic E-state index is 0.122. The van der Waals surface area contributed by atoms with Gasteiger partial charge < -0.3 is 0 Å². The third-order valence-corrected chi connectivity index (χ3v) is 6.87. The Morgan fingerprint density at radius 3 is 2.75 bits per heavy atom. The highest BCUT2D eigenvalue weighted by molar-refractivity contribution is 7.92. The van der Waals surface area contributed by atoms with Gasteiger partial charge in [0, 0.05) is 25.0 Å². The molecular formula is C15H21FN2O4S2. The van der Waals surface area contributed by atoms with Gasteiger partial charge in [-0.05, 0) is 43.4 Å². The molecule has 1 aromatic rings. The molecule has 1 atom stereocenters.